The highest BCUT2D eigenvalue weighted by atomic mass is 16.4. The highest BCUT2D eigenvalue weighted by Crippen LogP contribution is 2.10. The van der Waals surface area contributed by atoms with Crippen molar-refractivity contribution in [3.8, 4) is 0 Å². The molecule has 116 valence electrons. The van der Waals surface area contributed by atoms with Crippen LogP contribution in [0.3, 0.4) is 0 Å². The maximum Gasteiger partial charge on any atom is 0.321 e. The number of benzene rings is 1. The monoisotopic (exact) mass is 302 g/mol. The first-order valence-corrected chi connectivity index (χ1v) is 6.89. The fourth-order valence-corrected chi connectivity index (χ4v) is 2.00. The molecule has 0 saturated carbocycles. The quantitative estimate of drug-likeness (QED) is 0.729. The lowest BCUT2D eigenvalue weighted by atomic mass is 10.1. The Hall–Kier alpha value is -2.60. The van der Waals surface area contributed by atoms with Crippen LogP contribution in [-0.2, 0) is 16.1 Å². The predicted molar refractivity (Wildman–Crippen MR) is 81.4 cm³/mol. The van der Waals surface area contributed by atoms with Gasteiger partial charge in [-0.1, -0.05) is 12.1 Å². The summed E-state index contributed by atoms with van der Waals surface area (Å²) in [5.74, 6) is -0.818. The molecule has 0 bridgehead atoms. The lowest BCUT2D eigenvalue weighted by Gasteiger charge is -2.13. The van der Waals surface area contributed by atoms with Crippen molar-refractivity contribution in [1.82, 2.24) is 5.32 Å². The van der Waals surface area contributed by atoms with E-state index in [2.05, 4.69) is 10.6 Å². The Kier molecular flexibility index (Phi) is 5.32. The molecule has 0 spiro atoms. The molecule has 1 aromatic heterocycles. The minimum atomic E-state index is -1.08. The van der Waals surface area contributed by atoms with Crippen LogP contribution in [0.25, 0.3) is 0 Å². The average molecular weight is 302 g/mol. The molecule has 1 heterocycles. The van der Waals surface area contributed by atoms with Gasteiger partial charge in [0.25, 0.3) is 0 Å². The lowest BCUT2D eigenvalue weighted by molar-refractivity contribution is -0.141. The highest BCUT2D eigenvalue weighted by Gasteiger charge is 2.21. The summed E-state index contributed by atoms with van der Waals surface area (Å²) in [6.45, 7) is 2.17. The molecule has 2 rings (SSSR count). The van der Waals surface area contributed by atoms with Crippen molar-refractivity contribution in [1.29, 1.82) is 0 Å². The topological polar surface area (TPSA) is 91.6 Å². The van der Waals surface area contributed by atoms with Crippen molar-refractivity contribution in [2.24, 2.45) is 0 Å². The van der Waals surface area contributed by atoms with Crippen LogP contribution in [-0.4, -0.2) is 23.0 Å². The van der Waals surface area contributed by atoms with Gasteiger partial charge in [-0.2, -0.15) is 0 Å². The minimum absolute atomic E-state index is 0.163. The third-order valence-electron chi connectivity index (χ3n) is 3.09. The maximum absolute atomic E-state index is 12.0. The summed E-state index contributed by atoms with van der Waals surface area (Å²) >= 11 is 0. The SMILES string of the molecule is Cc1cccc(NC(=O)CC(NCc2ccco2)C(=O)O)c1. The number of aliphatic carboxylic acids is 1. The second-order valence-electron chi connectivity index (χ2n) is 4.97. The summed E-state index contributed by atoms with van der Waals surface area (Å²) in [6, 6.07) is 9.81. The van der Waals surface area contributed by atoms with Crippen LogP contribution >= 0.6 is 0 Å². The number of hydrogen-bond donors (Lipinski definition) is 3. The van der Waals surface area contributed by atoms with Crippen LogP contribution in [0.15, 0.2) is 47.1 Å². The molecule has 6 nitrogen and oxygen atoms in total. The highest BCUT2D eigenvalue weighted by molar-refractivity contribution is 5.94. The van der Waals surface area contributed by atoms with Crippen molar-refractivity contribution in [3.63, 3.8) is 0 Å². The number of anilines is 1. The van der Waals surface area contributed by atoms with E-state index in [1.165, 1.54) is 6.26 Å². The van der Waals surface area contributed by atoms with E-state index in [0.717, 1.165) is 5.56 Å². The molecule has 3 N–H and O–H groups in total. The molecule has 1 aromatic carbocycles. The van der Waals surface area contributed by atoms with Crippen LogP contribution in [0.2, 0.25) is 0 Å². The summed E-state index contributed by atoms with van der Waals surface area (Å²) < 4.78 is 5.12. The molecule has 0 aliphatic heterocycles. The standard InChI is InChI=1S/C16H18N2O4/c1-11-4-2-5-12(8-11)18-15(19)9-14(16(20)21)17-10-13-6-3-7-22-13/h2-8,14,17H,9-10H2,1H3,(H,18,19)(H,20,21). The fourth-order valence-electron chi connectivity index (χ4n) is 2.00. The van der Waals surface area contributed by atoms with E-state index in [-0.39, 0.29) is 18.9 Å². The zero-order valence-electron chi connectivity index (χ0n) is 12.2. The number of carboxylic acids is 1. The average Bonchev–Trinajstić information content (AvgIpc) is 2.96. The van der Waals surface area contributed by atoms with Crippen molar-refractivity contribution in [3.05, 3.63) is 54.0 Å². The van der Waals surface area contributed by atoms with E-state index in [4.69, 9.17) is 4.42 Å². The molecule has 1 unspecified atom stereocenters. The minimum Gasteiger partial charge on any atom is -0.480 e. The van der Waals surface area contributed by atoms with Crippen molar-refractivity contribution < 1.29 is 19.1 Å². The van der Waals surface area contributed by atoms with Crippen LogP contribution in [0, 0.1) is 6.92 Å². The molecule has 0 aliphatic carbocycles. The molecule has 22 heavy (non-hydrogen) atoms. The van der Waals surface area contributed by atoms with Gasteiger partial charge in [0, 0.05) is 5.69 Å². The maximum atomic E-state index is 12.0. The summed E-state index contributed by atoms with van der Waals surface area (Å²) in [5.41, 5.74) is 1.67. The first-order valence-electron chi connectivity index (χ1n) is 6.89. The zero-order chi connectivity index (χ0) is 15.9. The predicted octanol–water partition coefficient (Wildman–Crippen LogP) is 2.16. The van der Waals surface area contributed by atoms with Crippen LogP contribution in [0.4, 0.5) is 5.69 Å². The van der Waals surface area contributed by atoms with Crippen LogP contribution in [0.5, 0.6) is 0 Å². The molecule has 0 radical (unpaired) electrons. The van der Waals surface area contributed by atoms with Gasteiger partial charge in [-0.05, 0) is 36.8 Å². The van der Waals surface area contributed by atoms with Crippen LogP contribution in [0.1, 0.15) is 17.7 Å². The van der Waals surface area contributed by atoms with E-state index >= 15 is 0 Å². The largest absolute Gasteiger partial charge is 0.480 e. The van der Waals surface area contributed by atoms with E-state index in [1.807, 2.05) is 25.1 Å². The van der Waals surface area contributed by atoms with Gasteiger partial charge in [-0.3, -0.25) is 14.9 Å². The number of amides is 1. The molecule has 0 fully saturated rings. The van der Waals surface area contributed by atoms with Crippen molar-refractivity contribution in [2.45, 2.75) is 25.9 Å². The van der Waals surface area contributed by atoms with E-state index in [1.54, 1.807) is 18.2 Å². The summed E-state index contributed by atoms with van der Waals surface area (Å²) in [7, 11) is 0. The molecule has 2 aromatic rings. The number of rotatable bonds is 7. The number of furan rings is 1. The van der Waals surface area contributed by atoms with Crippen LogP contribution < -0.4 is 10.6 Å². The Balaban J connectivity index is 1.89. The van der Waals surface area contributed by atoms with Gasteiger partial charge < -0.3 is 14.8 Å². The summed E-state index contributed by atoms with van der Waals surface area (Å²) in [4.78, 5) is 23.2. The van der Waals surface area contributed by atoms with Gasteiger partial charge in [-0.25, -0.2) is 0 Å². The molecule has 6 heteroatoms. The normalized spacial score (nSPS) is 11.9. The molecule has 1 amide bonds. The number of aryl methyl sites for hydroxylation is 1. The Labute approximate surface area is 128 Å². The van der Waals surface area contributed by atoms with Crippen molar-refractivity contribution >= 4 is 17.6 Å². The number of carbonyl (C=O) groups is 2. The Morgan fingerprint density at radius 3 is 2.73 bits per heavy atom. The van der Waals surface area contributed by atoms with Gasteiger partial charge in [0.1, 0.15) is 11.8 Å². The first kappa shape index (κ1) is 15.8. The third kappa shape index (κ3) is 4.75. The van der Waals surface area contributed by atoms with Gasteiger partial charge in [0.2, 0.25) is 5.91 Å². The molecule has 0 saturated heterocycles. The molecule has 1 atom stereocenters. The summed E-state index contributed by atoms with van der Waals surface area (Å²) in [6.07, 6.45) is 1.35. The fraction of sp³-hybridized carbons (Fsp3) is 0.250. The van der Waals surface area contributed by atoms with Gasteiger partial charge >= 0.3 is 5.97 Å². The second-order valence-corrected chi connectivity index (χ2v) is 4.97. The third-order valence-corrected chi connectivity index (χ3v) is 3.09. The van der Waals surface area contributed by atoms with Gasteiger partial charge in [0.15, 0.2) is 0 Å². The smallest absolute Gasteiger partial charge is 0.321 e. The molecular formula is C16H18N2O4. The number of nitrogens with one attached hydrogen (secondary N) is 2. The van der Waals surface area contributed by atoms with Crippen molar-refractivity contribution in [2.75, 3.05) is 5.32 Å². The Bertz CT molecular complexity index is 637. The van der Waals surface area contributed by atoms with E-state index in [9.17, 15) is 14.7 Å². The molecule has 0 aliphatic rings. The lowest BCUT2D eigenvalue weighted by Crippen LogP contribution is -2.39. The van der Waals surface area contributed by atoms with Gasteiger partial charge in [-0.15, -0.1) is 0 Å². The summed E-state index contributed by atoms with van der Waals surface area (Å²) in [5, 5.41) is 14.7. The number of hydrogen-bond acceptors (Lipinski definition) is 4. The Morgan fingerprint density at radius 2 is 2.09 bits per heavy atom. The zero-order valence-corrected chi connectivity index (χ0v) is 12.2. The van der Waals surface area contributed by atoms with Gasteiger partial charge in [0.05, 0.1) is 19.2 Å². The number of carboxylic acid groups (broad SMARTS) is 1. The number of carbonyl (C=O) groups excluding carboxylic acids is 1. The molecular weight excluding hydrogens is 284 g/mol. The second kappa shape index (κ2) is 7.42. The van der Waals surface area contributed by atoms with E-state index in [0.29, 0.717) is 11.4 Å². The van der Waals surface area contributed by atoms with E-state index < -0.39 is 12.0 Å². The first-order chi connectivity index (χ1) is 10.5. The Morgan fingerprint density at radius 1 is 1.27 bits per heavy atom.